The smallest absolute Gasteiger partial charge is 0.261 e. The van der Waals surface area contributed by atoms with Crippen LogP contribution in [-0.2, 0) is 9.63 Å². The highest BCUT2D eigenvalue weighted by atomic mass is 19.1. The minimum absolute atomic E-state index is 0.226. The average Bonchev–Trinajstić information content (AvgIpc) is 2.66. The molecule has 0 bridgehead atoms. The molecule has 0 heterocycles. The Kier molecular flexibility index (Phi) is 7.61. The quantitative estimate of drug-likeness (QED) is 0.539. The van der Waals surface area contributed by atoms with Crippen LogP contribution in [0.2, 0.25) is 0 Å². The van der Waals surface area contributed by atoms with Crippen LogP contribution in [0.15, 0.2) is 47.6 Å². The standard InChI is InChI=1S/C20H23FN2O4/c1-4-26-18-10-5-15(11-19(18)25-3)12-22-27-13-20(24)23-14(2)16-6-8-17(21)9-7-16/h5-12,14H,4,13H2,1-3H3,(H,23,24)/b22-12+. The highest BCUT2D eigenvalue weighted by Crippen LogP contribution is 2.27. The molecule has 0 aliphatic rings. The van der Waals surface area contributed by atoms with Crippen LogP contribution < -0.4 is 14.8 Å². The summed E-state index contributed by atoms with van der Waals surface area (Å²) < 4.78 is 23.6. The first-order valence-corrected chi connectivity index (χ1v) is 8.54. The molecule has 0 aliphatic carbocycles. The van der Waals surface area contributed by atoms with Gasteiger partial charge in [0.1, 0.15) is 5.82 Å². The minimum Gasteiger partial charge on any atom is -0.493 e. The fourth-order valence-electron chi connectivity index (χ4n) is 2.35. The number of methoxy groups -OCH3 is 1. The topological polar surface area (TPSA) is 69.2 Å². The van der Waals surface area contributed by atoms with E-state index in [1.807, 2.05) is 6.92 Å². The lowest BCUT2D eigenvalue weighted by molar-refractivity contribution is -0.126. The van der Waals surface area contributed by atoms with Gasteiger partial charge in [-0.05, 0) is 49.7 Å². The van der Waals surface area contributed by atoms with E-state index >= 15 is 0 Å². The highest BCUT2D eigenvalue weighted by Gasteiger charge is 2.10. The minimum atomic E-state index is -0.326. The van der Waals surface area contributed by atoms with Crippen LogP contribution in [0.3, 0.4) is 0 Å². The van der Waals surface area contributed by atoms with E-state index in [0.29, 0.717) is 18.1 Å². The van der Waals surface area contributed by atoms with E-state index in [9.17, 15) is 9.18 Å². The predicted octanol–water partition coefficient (Wildman–Crippen LogP) is 3.46. The van der Waals surface area contributed by atoms with Gasteiger partial charge in [0.05, 0.1) is 26.0 Å². The van der Waals surface area contributed by atoms with Crippen LogP contribution in [-0.4, -0.2) is 32.4 Å². The van der Waals surface area contributed by atoms with Crippen molar-refractivity contribution in [2.45, 2.75) is 19.9 Å². The third kappa shape index (κ3) is 6.29. The van der Waals surface area contributed by atoms with Crippen LogP contribution in [0.4, 0.5) is 4.39 Å². The second-order valence-electron chi connectivity index (χ2n) is 5.69. The van der Waals surface area contributed by atoms with Crippen molar-refractivity contribution in [3.63, 3.8) is 0 Å². The molecule has 0 radical (unpaired) electrons. The van der Waals surface area contributed by atoms with Crippen molar-refractivity contribution < 1.29 is 23.5 Å². The first-order valence-electron chi connectivity index (χ1n) is 8.54. The van der Waals surface area contributed by atoms with Gasteiger partial charge in [-0.2, -0.15) is 0 Å². The van der Waals surface area contributed by atoms with Gasteiger partial charge in [-0.1, -0.05) is 17.3 Å². The normalized spacial score (nSPS) is 11.9. The molecule has 2 rings (SSSR count). The van der Waals surface area contributed by atoms with Crippen molar-refractivity contribution in [1.82, 2.24) is 5.32 Å². The van der Waals surface area contributed by atoms with Crippen molar-refractivity contribution in [2.24, 2.45) is 5.16 Å². The molecule has 0 spiro atoms. The first kappa shape index (κ1) is 20.2. The van der Waals surface area contributed by atoms with Gasteiger partial charge in [-0.3, -0.25) is 4.79 Å². The monoisotopic (exact) mass is 374 g/mol. The maximum atomic E-state index is 12.9. The number of halogens is 1. The molecule has 0 aliphatic heterocycles. The van der Waals surface area contributed by atoms with Gasteiger partial charge in [0.2, 0.25) is 0 Å². The van der Waals surface area contributed by atoms with Crippen molar-refractivity contribution in [3.8, 4) is 11.5 Å². The Hall–Kier alpha value is -3.09. The Balaban J connectivity index is 1.82. The lowest BCUT2D eigenvalue weighted by Crippen LogP contribution is -2.29. The van der Waals surface area contributed by atoms with E-state index < -0.39 is 0 Å². The molecule has 0 saturated carbocycles. The average molecular weight is 374 g/mol. The second kappa shape index (κ2) is 10.2. The van der Waals surface area contributed by atoms with Crippen LogP contribution in [0.5, 0.6) is 11.5 Å². The lowest BCUT2D eigenvalue weighted by atomic mass is 10.1. The Bertz CT molecular complexity index is 778. The molecule has 1 amide bonds. The summed E-state index contributed by atoms with van der Waals surface area (Å²) in [6.07, 6.45) is 1.48. The molecule has 1 unspecified atom stereocenters. The molecule has 2 aromatic carbocycles. The van der Waals surface area contributed by atoms with Crippen LogP contribution in [0, 0.1) is 5.82 Å². The van der Waals surface area contributed by atoms with Gasteiger partial charge in [-0.25, -0.2) is 4.39 Å². The number of hydrogen-bond acceptors (Lipinski definition) is 5. The van der Waals surface area contributed by atoms with Gasteiger partial charge in [0.25, 0.3) is 5.91 Å². The van der Waals surface area contributed by atoms with Crippen molar-refractivity contribution in [2.75, 3.05) is 20.3 Å². The molecule has 27 heavy (non-hydrogen) atoms. The number of ether oxygens (including phenoxy) is 2. The fourth-order valence-corrected chi connectivity index (χ4v) is 2.35. The number of oxime groups is 1. The van der Waals surface area contributed by atoms with Gasteiger partial charge in [0, 0.05) is 5.56 Å². The number of amides is 1. The molecule has 0 fully saturated rings. The summed E-state index contributed by atoms with van der Waals surface area (Å²) in [6.45, 7) is 4.01. The van der Waals surface area contributed by atoms with Crippen molar-refractivity contribution in [3.05, 3.63) is 59.4 Å². The van der Waals surface area contributed by atoms with E-state index in [-0.39, 0.29) is 24.4 Å². The van der Waals surface area contributed by atoms with Crippen LogP contribution >= 0.6 is 0 Å². The Morgan fingerprint density at radius 2 is 1.96 bits per heavy atom. The molecule has 144 valence electrons. The zero-order valence-electron chi connectivity index (χ0n) is 15.6. The lowest BCUT2D eigenvalue weighted by Gasteiger charge is -2.13. The third-order valence-electron chi connectivity index (χ3n) is 3.71. The van der Waals surface area contributed by atoms with Gasteiger partial charge < -0.3 is 19.6 Å². The summed E-state index contributed by atoms with van der Waals surface area (Å²) in [7, 11) is 1.56. The van der Waals surface area contributed by atoms with E-state index in [0.717, 1.165) is 11.1 Å². The van der Waals surface area contributed by atoms with E-state index in [1.165, 1.54) is 18.3 Å². The first-order chi connectivity index (χ1) is 13.0. The molecular formula is C20H23FN2O4. The largest absolute Gasteiger partial charge is 0.493 e. The summed E-state index contributed by atoms with van der Waals surface area (Å²) in [4.78, 5) is 16.9. The molecular weight excluding hydrogens is 351 g/mol. The Labute approximate surface area is 157 Å². The summed E-state index contributed by atoms with van der Waals surface area (Å²) in [6, 6.07) is 11.0. The summed E-state index contributed by atoms with van der Waals surface area (Å²) >= 11 is 0. The zero-order valence-corrected chi connectivity index (χ0v) is 15.6. The summed E-state index contributed by atoms with van der Waals surface area (Å²) in [5, 5.41) is 6.55. The van der Waals surface area contributed by atoms with Crippen LogP contribution in [0.25, 0.3) is 0 Å². The Morgan fingerprint density at radius 3 is 2.63 bits per heavy atom. The van der Waals surface area contributed by atoms with Gasteiger partial charge in [0.15, 0.2) is 18.1 Å². The molecule has 2 aromatic rings. The number of carbonyl (C=O) groups is 1. The maximum Gasteiger partial charge on any atom is 0.261 e. The fraction of sp³-hybridized carbons (Fsp3) is 0.300. The SMILES string of the molecule is CCOc1ccc(/C=N/OCC(=O)NC(C)c2ccc(F)cc2)cc1OC. The van der Waals surface area contributed by atoms with Crippen LogP contribution in [0.1, 0.15) is 31.0 Å². The number of benzene rings is 2. The molecule has 0 saturated heterocycles. The number of nitrogens with zero attached hydrogens (tertiary/aromatic N) is 1. The summed E-state index contributed by atoms with van der Waals surface area (Å²) in [5.41, 5.74) is 1.55. The molecule has 0 aromatic heterocycles. The molecule has 1 atom stereocenters. The van der Waals surface area contributed by atoms with E-state index in [4.69, 9.17) is 14.3 Å². The summed E-state index contributed by atoms with van der Waals surface area (Å²) in [5.74, 6) is 0.591. The number of hydrogen-bond donors (Lipinski definition) is 1. The van der Waals surface area contributed by atoms with Crippen molar-refractivity contribution in [1.29, 1.82) is 0 Å². The number of rotatable bonds is 9. The highest BCUT2D eigenvalue weighted by molar-refractivity contribution is 5.81. The maximum absolute atomic E-state index is 12.9. The molecule has 7 heteroatoms. The predicted molar refractivity (Wildman–Crippen MR) is 101 cm³/mol. The Morgan fingerprint density at radius 1 is 1.22 bits per heavy atom. The van der Waals surface area contributed by atoms with E-state index in [2.05, 4.69) is 10.5 Å². The number of carbonyl (C=O) groups excluding carboxylic acids is 1. The van der Waals surface area contributed by atoms with Crippen molar-refractivity contribution >= 4 is 12.1 Å². The van der Waals surface area contributed by atoms with Gasteiger partial charge in [-0.15, -0.1) is 0 Å². The zero-order chi connectivity index (χ0) is 19.6. The number of nitrogens with one attached hydrogen (secondary N) is 1. The van der Waals surface area contributed by atoms with Gasteiger partial charge >= 0.3 is 0 Å². The molecule has 6 nitrogen and oxygen atoms in total. The van der Waals surface area contributed by atoms with E-state index in [1.54, 1.807) is 44.4 Å². The second-order valence-corrected chi connectivity index (χ2v) is 5.69. The third-order valence-corrected chi connectivity index (χ3v) is 3.71. The molecule has 1 N–H and O–H groups in total.